The smallest absolute Gasteiger partial charge is 0.171 e. The van der Waals surface area contributed by atoms with Gasteiger partial charge >= 0.3 is 0 Å². The second-order valence-corrected chi connectivity index (χ2v) is 4.90. The normalized spacial score (nSPS) is 11.4. The SMILES string of the molecule is Cc1cccc(Oc2ccc(/C(N)=N/O)c(Br)c2)c1. The van der Waals surface area contributed by atoms with Crippen LogP contribution in [0.4, 0.5) is 0 Å². The van der Waals surface area contributed by atoms with Gasteiger partial charge in [-0.25, -0.2) is 0 Å². The number of benzene rings is 2. The zero-order chi connectivity index (χ0) is 13.8. The van der Waals surface area contributed by atoms with Crippen LogP contribution in [0.15, 0.2) is 52.1 Å². The Bertz CT molecular complexity index is 627. The molecule has 0 aliphatic heterocycles. The van der Waals surface area contributed by atoms with Crippen molar-refractivity contribution in [2.45, 2.75) is 6.92 Å². The third-order valence-electron chi connectivity index (χ3n) is 2.55. The lowest BCUT2D eigenvalue weighted by Gasteiger charge is -2.08. The van der Waals surface area contributed by atoms with E-state index in [1.165, 1.54) is 0 Å². The molecule has 98 valence electrons. The predicted molar refractivity (Wildman–Crippen MR) is 77.9 cm³/mol. The molecule has 0 bridgehead atoms. The molecule has 0 aromatic heterocycles. The van der Waals surface area contributed by atoms with Crippen LogP contribution in [0.3, 0.4) is 0 Å². The highest BCUT2D eigenvalue weighted by Crippen LogP contribution is 2.27. The summed E-state index contributed by atoms with van der Waals surface area (Å²) in [6.45, 7) is 2.00. The number of ether oxygens (including phenoxy) is 1. The van der Waals surface area contributed by atoms with Crippen molar-refractivity contribution in [2.75, 3.05) is 0 Å². The number of oxime groups is 1. The standard InChI is InChI=1S/C14H13BrN2O2/c1-9-3-2-4-10(7-9)19-11-5-6-12(13(15)8-11)14(16)17-18/h2-8,18H,1H3,(H2,16,17). The van der Waals surface area contributed by atoms with E-state index in [9.17, 15) is 0 Å². The fraction of sp³-hybridized carbons (Fsp3) is 0.0714. The molecule has 19 heavy (non-hydrogen) atoms. The van der Waals surface area contributed by atoms with Gasteiger partial charge in [0.2, 0.25) is 0 Å². The Morgan fingerprint density at radius 3 is 2.58 bits per heavy atom. The Labute approximate surface area is 119 Å². The predicted octanol–water partition coefficient (Wildman–Crippen LogP) is 3.64. The minimum Gasteiger partial charge on any atom is -0.457 e. The largest absolute Gasteiger partial charge is 0.457 e. The number of halogens is 1. The highest BCUT2D eigenvalue weighted by molar-refractivity contribution is 9.10. The van der Waals surface area contributed by atoms with Crippen molar-refractivity contribution in [3.8, 4) is 11.5 Å². The van der Waals surface area contributed by atoms with Crippen LogP contribution in [-0.4, -0.2) is 11.0 Å². The Morgan fingerprint density at radius 2 is 1.95 bits per heavy atom. The number of amidine groups is 1. The second-order valence-electron chi connectivity index (χ2n) is 4.05. The quantitative estimate of drug-likeness (QED) is 0.392. The highest BCUT2D eigenvalue weighted by atomic mass is 79.9. The molecule has 0 saturated carbocycles. The second kappa shape index (κ2) is 5.75. The number of rotatable bonds is 3. The maximum atomic E-state index is 8.66. The summed E-state index contributed by atoms with van der Waals surface area (Å²) >= 11 is 3.36. The van der Waals surface area contributed by atoms with Crippen LogP contribution < -0.4 is 10.5 Å². The van der Waals surface area contributed by atoms with Gasteiger partial charge in [0.05, 0.1) is 0 Å². The zero-order valence-electron chi connectivity index (χ0n) is 10.3. The van der Waals surface area contributed by atoms with Gasteiger partial charge < -0.3 is 15.7 Å². The third kappa shape index (κ3) is 3.26. The first-order valence-electron chi connectivity index (χ1n) is 5.62. The van der Waals surface area contributed by atoms with Crippen LogP contribution >= 0.6 is 15.9 Å². The molecule has 0 atom stereocenters. The number of aryl methyl sites for hydroxylation is 1. The summed E-state index contributed by atoms with van der Waals surface area (Å²) in [5, 5.41) is 11.6. The molecule has 0 aliphatic rings. The van der Waals surface area contributed by atoms with E-state index in [0.29, 0.717) is 15.8 Å². The van der Waals surface area contributed by atoms with Crippen LogP contribution in [0.25, 0.3) is 0 Å². The van der Waals surface area contributed by atoms with Crippen molar-refractivity contribution in [2.24, 2.45) is 10.9 Å². The molecule has 0 radical (unpaired) electrons. The maximum Gasteiger partial charge on any atom is 0.171 e. The van der Waals surface area contributed by atoms with Crippen LogP contribution in [-0.2, 0) is 0 Å². The number of nitrogens with two attached hydrogens (primary N) is 1. The average Bonchev–Trinajstić information content (AvgIpc) is 2.38. The number of hydrogen-bond acceptors (Lipinski definition) is 3. The summed E-state index contributed by atoms with van der Waals surface area (Å²) in [5.74, 6) is 1.49. The van der Waals surface area contributed by atoms with Gasteiger partial charge in [-0.3, -0.25) is 0 Å². The molecule has 2 aromatic rings. The Kier molecular flexibility index (Phi) is 4.06. The lowest BCUT2D eigenvalue weighted by molar-refractivity contribution is 0.318. The van der Waals surface area contributed by atoms with E-state index in [-0.39, 0.29) is 5.84 Å². The fourth-order valence-electron chi connectivity index (χ4n) is 1.64. The van der Waals surface area contributed by atoms with Gasteiger partial charge in [0.15, 0.2) is 5.84 Å². The Hall–Kier alpha value is -2.01. The van der Waals surface area contributed by atoms with E-state index in [1.54, 1.807) is 18.2 Å². The summed E-state index contributed by atoms with van der Waals surface area (Å²) in [5.41, 5.74) is 7.29. The first kappa shape index (κ1) is 13.4. The van der Waals surface area contributed by atoms with E-state index >= 15 is 0 Å². The lowest BCUT2D eigenvalue weighted by atomic mass is 10.2. The molecule has 4 nitrogen and oxygen atoms in total. The van der Waals surface area contributed by atoms with Gasteiger partial charge in [0, 0.05) is 10.0 Å². The van der Waals surface area contributed by atoms with Crippen molar-refractivity contribution in [3.05, 3.63) is 58.1 Å². The molecule has 0 saturated heterocycles. The molecule has 0 unspecified atom stereocenters. The van der Waals surface area contributed by atoms with Crippen LogP contribution in [0.2, 0.25) is 0 Å². The molecule has 0 amide bonds. The van der Waals surface area contributed by atoms with Crippen molar-refractivity contribution in [1.82, 2.24) is 0 Å². The van der Waals surface area contributed by atoms with Gasteiger partial charge in [-0.05, 0) is 58.7 Å². The van der Waals surface area contributed by atoms with Crippen LogP contribution in [0.5, 0.6) is 11.5 Å². The molecule has 2 rings (SSSR count). The maximum absolute atomic E-state index is 8.66. The fourth-order valence-corrected chi connectivity index (χ4v) is 2.20. The van der Waals surface area contributed by atoms with Gasteiger partial charge in [0.25, 0.3) is 0 Å². The topological polar surface area (TPSA) is 67.8 Å². The summed E-state index contributed by atoms with van der Waals surface area (Å²) < 4.78 is 6.44. The molecular formula is C14H13BrN2O2. The van der Waals surface area contributed by atoms with Gasteiger partial charge in [0.1, 0.15) is 11.5 Å². The molecule has 5 heteroatoms. The lowest BCUT2D eigenvalue weighted by Crippen LogP contribution is -2.13. The first-order valence-corrected chi connectivity index (χ1v) is 6.41. The molecule has 0 heterocycles. The zero-order valence-corrected chi connectivity index (χ0v) is 11.9. The number of hydrogen-bond donors (Lipinski definition) is 2. The van der Waals surface area contributed by atoms with Crippen molar-refractivity contribution in [3.63, 3.8) is 0 Å². The van der Waals surface area contributed by atoms with Crippen molar-refractivity contribution in [1.29, 1.82) is 0 Å². The highest BCUT2D eigenvalue weighted by Gasteiger charge is 2.07. The van der Waals surface area contributed by atoms with E-state index in [2.05, 4.69) is 21.1 Å². The number of nitrogens with zero attached hydrogens (tertiary/aromatic N) is 1. The monoisotopic (exact) mass is 320 g/mol. The minimum absolute atomic E-state index is 0.0500. The Morgan fingerprint density at radius 1 is 1.21 bits per heavy atom. The van der Waals surface area contributed by atoms with E-state index in [4.69, 9.17) is 15.7 Å². The first-order chi connectivity index (χ1) is 9.10. The van der Waals surface area contributed by atoms with Gasteiger partial charge in [-0.1, -0.05) is 17.3 Å². The molecule has 2 aromatic carbocycles. The summed E-state index contributed by atoms with van der Waals surface area (Å²) in [6.07, 6.45) is 0. The molecule has 0 fully saturated rings. The van der Waals surface area contributed by atoms with Gasteiger partial charge in [-0.15, -0.1) is 0 Å². The Balaban J connectivity index is 2.26. The minimum atomic E-state index is 0.0500. The van der Waals surface area contributed by atoms with Crippen molar-refractivity contribution >= 4 is 21.8 Å². The van der Waals surface area contributed by atoms with E-state index < -0.39 is 0 Å². The summed E-state index contributed by atoms with van der Waals surface area (Å²) in [4.78, 5) is 0. The average molecular weight is 321 g/mol. The van der Waals surface area contributed by atoms with Crippen LogP contribution in [0.1, 0.15) is 11.1 Å². The molecule has 0 aliphatic carbocycles. The van der Waals surface area contributed by atoms with Crippen molar-refractivity contribution < 1.29 is 9.94 Å². The summed E-state index contributed by atoms with van der Waals surface area (Å²) in [6, 6.07) is 13.0. The summed E-state index contributed by atoms with van der Waals surface area (Å²) in [7, 11) is 0. The van der Waals surface area contributed by atoms with Crippen LogP contribution in [0, 0.1) is 6.92 Å². The van der Waals surface area contributed by atoms with E-state index in [0.717, 1.165) is 11.3 Å². The molecular weight excluding hydrogens is 308 g/mol. The van der Waals surface area contributed by atoms with E-state index in [1.807, 2.05) is 31.2 Å². The molecule has 0 spiro atoms. The molecule has 3 N–H and O–H groups in total. The third-order valence-corrected chi connectivity index (χ3v) is 3.21. The van der Waals surface area contributed by atoms with Gasteiger partial charge in [-0.2, -0.15) is 0 Å².